The van der Waals surface area contributed by atoms with Gasteiger partial charge in [0, 0.05) is 18.2 Å². The molecule has 6 nitrogen and oxygen atoms in total. The lowest BCUT2D eigenvalue weighted by Crippen LogP contribution is -2.34. The van der Waals surface area contributed by atoms with Crippen molar-refractivity contribution in [1.29, 1.82) is 0 Å². The van der Waals surface area contributed by atoms with Gasteiger partial charge in [-0.25, -0.2) is 13.4 Å². The van der Waals surface area contributed by atoms with E-state index in [4.69, 9.17) is 0 Å². The number of carbonyl (C=O) groups is 1. The fourth-order valence-corrected chi connectivity index (χ4v) is 5.47. The minimum Gasteiger partial charge on any atom is -0.333 e. The predicted molar refractivity (Wildman–Crippen MR) is 131 cm³/mol. The topological polar surface area (TPSA) is 72.3 Å². The molecule has 3 rings (SSSR count). The smallest absolute Gasteiger partial charge is 0.254 e. The standard InChI is InChI=1S/C26H33N3O3S/c1-19(2)16-28(25(30)23-9-7-6-8-10-23)17-24-15-27-26(29(24)20(3)4)33(31,32)18-22-13-11-21(5)12-14-22/h6-15,19-20H,16-18H2,1-5H3. The van der Waals surface area contributed by atoms with Crippen LogP contribution in [0.2, 0.25) is 0 Å². The quantitative estimate of drug-likeness (QED) is 0.442. The van der Waals surface area contributed by atoms with Gasteiger partial charge in [-0.1, -0.05) is 61.9 Å². The van der Waals surface area contributed by atoms with E-state index in [2.05, 4.69) is 18.8 Å². The van der Waals surface area contributed by atoms with Crippen LogP contribution in [0.3, 0.4) is 0 Å². The lowest BCUT2D eigenvalue weighted by Gasteiger charge is -2.26. The highest BCUT2D eigenvalue weighted by Crippen LogP contribution is 2.24. The van der Waals surface area contributed by atoms with Crippen LogP contribution in [0.15, 0.2) is 66.0 Å². The van der Waals surface area contributed by atoms with Crippen molar-refractivity contribution in [2.45, 2.75) is 58.1 Å². The number of hydrogen-bond acceptors (Lipinski definition) is 4. The molecule has 0 spiro atoms. The molecule has 1 amide bonds. The summed E-state index contributed by atoms with van der Waals surface area (Å²) >= 11 is 0. The van der Waals surface area contributed by atoms with Crippen molar-refractivity contribution >= 4 is 15.7 Å². The summed E-state index contributed by atoms with van der Waals surface area (Å²) in [6.45, 7) is 10.8. The van der Waals surface area contributed by atoms with Gasteiger partial charge in [0.15, 0.2) is 0 Å². The monoisotopic (exact) mass is 467 g/mol. The lowest BCUT2D eigenvalue weighted by molar-refractivity contribution is 0.0717. The van der Waals surface area contributed by atoms with Gasteiger partial charge in [-0.05, 0) is 44.4 Å². The van der Waals surface area contributed by atoms with Crippen LogP contribution in [0, 0.1) is 12.8 Å². The molecule has 1 heterocycles. The van der Waals surface area contributed by atoms with Gasteiger partial charge in [0.25, 0.3) is 5.91 Å². The highest BCUT2D eigenvalue weighted by molar-refractivity contribution is 7.90. The Labute approximate surface area is 197 Å². The molecule has 0 saturated heterocycles. The summed E-state index contributed by atoms with van der Waals surface area (Å²) in [6.07, 6.45) is 1.59. The highest BCUT2D eigenvalue weighted by atomic mass is 32.2. The van der Waals surface area contributed by atoms with E-state index in [1.54, 1.807) is 27.8 Å². The molecule has 0 fully saturated rings. The third-order valence-corrected chi connectivity index (χ3v) is 6.93. The van der Waals surface area contributed by atoms with Crippen LogP contribution < -0.4 is 0 Å². The molecule has 176 valence electrons. The zero-order valence-electron chi connectivity index (χ0n) is 20.0. The summed E-state index contributed by atoms with van der Waals surface area (Å²) in [5, 5.41) is 0.0460. The molecule has 3 aromatic rings. The molecule has 0 aliphatic heterocycles. The summed E-state index contributed by atoms with van der Waals surface area (Å²) in [4.78, 5) is 19.3. The van der Waals surface area contributed by atoms with Crippen molar-refractivity contribution in [3.63, 3.8) is 0 Å². The molecule has 0 aliphatic carbocycles. The maximum absolute atomic E-state index is 13.3. The number of nitrogens with zero attached hydrogens (tertiary/aromatic N) is 3. The molecule has 0 saturated carbocycles. The van der Waals surface area contributed by atoms with Gasteiger partial charge in [0.1, 0.15) is 0 Å². The minimum absolute atomic E-state index is 0.0460. The van der Waals surface area contributed by atoms with E-state index < -0.39 is 9.84 Å². The summed E-state index contributed by atoms with van der Waals surface area (Å²) < 4.78 is 28.3. The third kappa shape index (κ3) is 6.11. The molecule has 0 N–H and O–H groups in total. The molecule has 0 aliphatic rings. The largest absolute Gasteiger partial charge is 0.333 e. The summed E-state index contributed by atoms with van der Waals surface area (Å²) in [7, 11) is -3.66. The van der Waals surface area contributed by atoms with Crippen LogP contribution in [0.25, 0.3) is 0 Å². The van der Waals surface area contributed by atoms with Gasteiger partial charge in [-0.3, -0.25) is 4.79 Å². The Kier molecular flexibility index (Phi) is 7.74. The summed E-state index contributed by atoms with van der Waals surface area (Å²) in [5.74, 6) is 0.0671. The van der Waals surface area contributed by atoms with Crippen molar-refractivity contribution in [3.8, 4) is 0 Å². The summed E-state index contributed by atoms with van der Waals surface area (Å²) in [6, 6.07) is 16.5. The SMILES string of the molecule is Cc1ccc(CS(=O)(=O)c2ncc(CN(CC(C)C)C(=O)c3ccccc3)n2C(C)C)cc1. The number of sulfone groups is 1. The Bertz CT molecular complexity index is 1180. The van der Waals surface area contributed by atoms with Crippen LogP contribution in [0.1, 0.15) is 60.9 Å². The molecular weight excluding hydrogens is 434 g/mol. The number of rotatable bonds is 9. The van der Waals surface area contributed by atoms with Gasteiger partial charge < -0.3 is 9.47 Å². The Hall–Kier alpha value is -2.93. The molecule has 33 heavy (non-hydrogen) atoms. The van der Waals surface area contributed by atoms with Crippen molar-refractivity contribution in [3.05, 3.63) is 83.2 Å². The second kappa shape index (κ2) is 10.3. The molecule has 1 aromatic heterocycles. The van der Waals surface area contributed by atoms with Gasteiger partial charge in [0.05, 0.1) is 24.2 Å². The Balaban J connectivity index is 1.94. The van der Waals surface area contributed by atoms with Crippen molar-refractivity contribution in [2.75, 3.05) is 6.54 Å². The average Bonchev–Trinajstić information content (AvgIpc) is 3.19. The first kappa shape index (κ1) is 24.7. The molecule has 0 unspecified atom stereocenters. The summed E-state index contributed by atoms with van der Waals surface area (Å²) in [5.41, 5.74) is 3.12. The lowest BCUT2D eigenvalue weighted by atomic mass is 10.1. The van der Waals surface area contributed by atoms with E-state index in [-0.39, 0.29) is 35.3 Å². The van der Waals surface area contributed by atoms with Crippen LogP contribution in [-0.4, -0.2) is 35.3 Å². The maximum atomic E-state index is 13.3. The van der Waals surface area contributed by atoms with Crippen LogP contribution in [0.4, 0.5) is 0 Å². The molecule has 0 radical (unpaired) electrons. The zero-order valence-corrected chi connectivity index (χ0v) is 20.8. The fraction of sp³-hybridized carbons (Fsp3) is 0.385. The first-order valence-electron chi connectivity index (χ1n) is 11.3. The van der Waals surface area contributed by atoms with Gasteiger partial charge in [-0.2, -0.15) is 0 Å². The first-order chi connectivity index (χ1) is 15.6. The molecule has 7 heteroatoms. The number of carbonyl (C=O) groups excluding carboxylic acids is 1. The Morgan fingerprint density at radius 1 is 1.00 bits per heavy atom. The van der Waals surface area contributed by atoms with E-state index >= 15 is 0 Å². The second-order valence-corrected chi connectivity index (χ2v) is 11.1. The number of benzene rings is 2. The third-order valence-electron chi connectivity index (χ3n) is 5.36. The van der Waals surface area contributed by atoms with E-state index in [1.807, 2.05) is 63.2 Å². The molecule has 0 atom stereocenters. The fourth-order valence-electron chi connectivity index (χ4n) is 3.86. The van der Waals surface area contributed by atoms with Crippen molar-refractivity contribution < 1.29 is 13.2 Å². The second-order valence-electron chi connectivity index (χ2n) is 9.19. The number of aryl methyl sites for hydroxylation is 1. The maximum Gasteiger partial charge on any atom is 0.254 e. The molecule has 2 aromatic carbocycles. The van der Waals surface area contributed by atoms with E-state index in [0.717, 1.165) is 11.1 Å². The Morgan fingerprint density at radius 3 is 2.21 bits per heavy atom. The Morgan fingerprint density at radius 2 is 1.64 bits per heavy atom. The van der Waals surface area contributed by atoms with Gasteiger partial charge in [0.2, 0.25) is 15.0 Å². The van der Waals surface area contributed by atoms with Crippen LogP contribution in [0.5, 0.6) is 0 Å². The number of imidazole rings is 1. The van der Waals surface area contributed by atoms with E-state index in [9.17, 15) is 13.2 Å². The van der Waals surface area contributed by atoms with Crippen molar-refractivity contribution in [1.82, 2.24) is 14.5 Å². The zero-order chi connectivity index (χ0) is 24.2. The normalized spacial score (nSPS) is 11.8. The van der Waals surface area contributed by atoms with Gasteiger partial charge in [-0.15, -0.1) is 0 Å². The predicted octanol–water partition coefficient (Wildman–Crippen LogP) is 5.04. The van der Waals surface area contributed by atoms with Gasteiger partial charge >= 0.3 is 0 Å². The molecular formula is C26H33N3O3S. The van der Waals surface area contributed by atoms with E-state index in [1.165, 1.54) is 0 Å². The van der Waals surface area contributed by atoms with Crippen LogP contribution >= 0.6 is 0 Å². The van der Waals surface area contributed by atoms with Crippen molar-refractivity contribution in [2.24, 2.45) is 5.92 Å². The van der Waals surface area contributed by atoms with Crippen LogP contribution in [-0.2, 0) is 22.1 Å². The number of amides is 1. The number of aromatic nitrogens is 2. The number of hydrogen-bond donors (Lipinski definition) is 0. The highest BCUT2D eigenvalue weighted by Gasteiger charge is 2.27. The van der Waals surface area contributed by atoms with E-state index in [0.29, 0.717) is 17.8 Å². The molecule has 0 bridgehead atoms. The first-order valence-corrected chi connectivity index (χ1v) is 12.9. The average molecular weight is 468 g/mol. The minimum atomic E-state index is -3.66.